The summed E-state index contributed by atoms with van der Waals surface area (Å²) in [5, 5.41) is 0. The van der Waals surface area contributed by atoms with Gasteiger partial charge in [-0.15, -0.1) is 6.58 Å². The maximum absolute atomic E-state index is 4.68. The molecule has 186 valence electrons. The molecular weight excluding hydrogens is 412 g/mol. The fourth-order valence-electron chi connectivity index (χ4n) is 5.79. The molecule has 3 rings (SSSR count). The minimum atomic E-state index is 0.596. The van der Waals surface area contributed by atoms with E-state index in [4.69, 9.17) is 0 Å². The zero-order chi connectivity index (χ0) is 24.0. The lowest BCUT2D eigenvalue weighted by Gasteiger charge is -2.34. The number of rotatable bonds is 15. The van der Waals surface area contributed by atoms with E-state index in [9.17, 15) is 0 Å². The zero-order valence-electron chi connectivity index (χ0n) is 22.0. The minimum Gasteiger partial charge on any atom is -0.236 e. The van der Waals surface area contributed by atoms with Gasteiger partial charge < -0.3 is 0 Å². The zero-order valence-corrected chi connectivity index (χ0v) is 22.0. The lowest BCUT2D eigenvalue weighted by atomic mass is 9.71. The van der Waals surface area contributed by atoms with E-state index in [1.807, 2.05) is 12.4 Å². The highest BCUT2D eigenvalue weighted by atomic mass is 14.9. The molecule has 1 unspecified atom stereocenters. The third-order valence-electron chi connectivity index (χ3n) is 7.97. The predicted molar refractivity (Wildman–Crippen MR) is 147 cm³/mol. The number of unbranched alkanes of at least 4 members (excludes halogenated alkanes) is 6. The summed E-state index contributed by atoms with van der Waals surface area (Å²) in [6, 6.07) is 9.09. The first-order valence-corrected chi connectivity index (χ1v) is 14.3. The number of allylic oxidation sites excluding steroid dienone is 1. The Bertz CT molecular complexity index is 800. The van der Waals surface area contributed by atoms with Crippen LogP contribution in [-0.2, 0) is 6.42 Å². The SMILES string of the molecule is C=CCC(c1ccc(-c2ncc(CCCCCCC)cn2)cc1)C1CCC(CCCCC)CC1. The minimum absolute atomic E-state index is 0.596. The van der Waals surface area contributed by atoms with Crippen molar-refractivity contribution in [3.05, 3.63) is 60.4 Å². The molecule has 0 saturated heterocycles. The van der Waals surface area contributed by atoms with Crippen LogP contribution in [0.2, 0.25) is 0 Å². The monoisotopic (exact) mass is 460 g/mol. The molecule has 0 bridgehead atoms. The van der Waals surface area contributed by atoms with Gasteiger partial charge in [-0.25, -0.2) is 9.97 Å². The van der Waals surface area contributed by atoms with Gasteiger partial charge in [-0.2, -0.15) is 0 Å². The van der Waals surface area contributed by atoms with E-state index in [1.165, 1.54) is 94.6 Å². The van der Waals surface area contributed by atoms with Gasteiger partial charge in [-0.1, -0.05) is 108 Å². The number of aromatic nitrogens is 2. The smallest absolute Gasteiger partial charge is 0.159 e. The summed E-state index contributed by atoms with van der Waals surface area (Å²) in [6.07, 6.45) is 26.0. The maximum Gasteiger partial charge on any atom is 0.159 e. The van der Waals surface area contributed by atoms with Crippen molar-refractivity contribution in [3.8, 4) is 11.4 Å². The van der Waals surface area contributed by atoms with E-state index in [-0.39, 0.29) is 0 Å². The summed E-state index contributed by atoms with van der Waals surface area (Å²) in [5.74, 6) is 3.19. The summed E-state index contributed by atoms with van der Waals surface area (Å²) in [7, 11) is 0. The van der Waals surface area contributed by atoms with E-state index < -0.39 is 0 Å². The van der Waals surface area contributed by atoms with Gasteiger partial charge >= 0.3 is 0 Å². The number of hydrogen-bond donors (Lipinski definition) is 0. The first-order valence-electron chi connectivity index (χ1n) is 14.3. The van der Waals surface area contributed by atoms with Gasteiger partial charge in [-0.3, -0.25) is 0 Å². The van der Waals surface area contributed by atoms with Crippen molar-refractivity contribution >= 4 is 0 Å². The highest BCUT2D eigenvalue weighted by molar-refractivity contribution is 5.55. The lowest BCUT2D eigenvalue weighted by Crippen LogP contribution is -2.20. The van der Waals surface area contributed by atoms with Crippen molar-refractivity contribution in [1.29, 1.82) is 0 Å². The molecule has 1 aliphatic rings. The van der Waals surface area contributed by atoms with E-state index in [0.717, 1.165) is 36.1 Å². The van der Waals surface area contributed by atoms with Crippen molar-refractivity contribution in [2.75, 3.05) is 0 Å². The third kappa shape index (κ3) is 8.36. The average Bonchev–Trinajstić information content (AvgIpc) is 2.88. The third-order valence-corrected chi connectivity index (χ3v) is 7.97. The number of nitrogens with zero attached hydrogens (tertiary/aromatic N) is 2. The number of benzene rings is 1. The fraction of sp³-hybridized carbons (Fsp3) is 0.625. The highest BCUT2D eigenvalue weighted by Crippen LogP contribution is 2.41. The lowest BCUT2D eigenvalue weighted by molar-refractivity contribution is 0.230. The molecule has 1 atom stereocenters. The van der Waals surface area contributed by atoms with Crippen LogP contribution < -0.4 is 0 Å². The van der Waals surface area contributed by atoms with Crippen LogP contribution in [0.1, 0.15) is 121 Å². The van der Waals surface area contributed by atoms with E-state index in [0.29, 0.717) is 5.92 Å². The molecule has 1 aromatic carbocycles. The number of aryl methyl sites for hydroxylation is 1. The van der Waals surface area contributed by atoms with Gasteiger partial charge in [0.05, 0.1) is 0 Å². The van der Waals surface area contributed by atoms with Crippen molar-refractivity contribution in [1.82, 2.24) is 9.97 Å². The van der Waals surface area contributed by atoms with Crippen molar-refractivity contribution in [3.63, 3.8) is 0 Å². The van der Waals surface area contributed by atoms with Crippen LogP contribution in [-0.4, -0.2) is 9.97 Å². The van der Waals surface area contributed by atoms with Gasteiger partial charge in [-0.05, 0) is 61.0 Å². The Morgan fingerprint density at radius 1 is 0.853 bits per heavy atom. The molecule has 0 aliphatic heterocycles. The molecule has 1 saturated carbocycles. The first kappa shape index (κ1) is 26.6. The number of hydrogen-bond acceptors (Lipinski definition) is 2. The second-order valence-electron chi connectivity index (χ2n) is 10.6. The first-order chi connectivity index (χ1) is 16.7. The predicted octanol–water partition coefficient (Wildman–Crippen LogP) is 9.70. The molecule has 1 heterocycles. The Morgan fingerprint density at radius 3 is 2.15 bits per heavy atom. The van der Waals surface area contributed by atoms with E-state index in [2.05, 4.69) is 60.7 Å². The van der Waals surface area contributed by atoms with Gasteiger partial charge in [0.1, 0.15) is 0 Å². The van der Waals surface area contributed by atoms with E-state index in [1.54, 1.807) is 0 Å². The molecule has 2 aromatic rings. The largest absolute Gasteiger partial charge is 0.236 e. The normalized spacial score (nSPS) is 19.1. The second kappa shape index (κ2) is 15.1. The molecule has 2 nitrogen and oxygen atoms in total. The fourth-order valence-corrected chi connectivity index (χ4v) is 5.79. The summed E-state index contributed by atoms with van der Waals surface area (Å²) in [4.78, 5) is 9.35. The Hall–Kier alpha value is -1.96. The molecule has 0 amide bonds. The van der Waals surface area contributed by atoms with Crippen LogP contribution in [0, 0.1) is 11.8 Å². The second-order valence-corrected chi connectivity index (χ2v) is 10.6. The molecular formula is C32H48N2. The van der Waals surface area contributed by atoms with Crippen LogP contribution in [0.15, 0.2) is 49.3 Å². The summed E-state index contributed by atoms with van der Waals surface area (Å²) in [5.41, 5.74) is 3.84. The molecule has 1 aromatic heterocycles. The summed E-state index contributed by atoms with van der Waals surface area (Å²) >= 11 is 0. The quantitative estimate of drug-likeness (QED) is 0.195. The Balaban J connectivity index is 1.55. The Labute approximate surface area is 209 Å². The standard InChI is InChI=1S/C32H48N2/c1-4-7-9-10-12-15-27-24-33-32(34-25-27)30-22-20-29(21-23-30)31(13-6-3)28-18-16-26(17-19-28)14-11-8-5-2/h6,20-26,28,31H,3-5,7-19H2,1-2H3. The van der Waals surface area contributed by atoms with Gasteiger partial charge in [0.15, 0.2) is 5.82 Å². The van der Waals surface area contributed by atoms with Crippen LogP contribution in [0.5, 0.6) is 0 Å². The topological polar surface area (TPSA) is 25.8 Å². The van der Waals surface area contributed by atoms with Crippen LogP contribution in [0.25, 0.3) is 11.4 Å². The van der Waals surface area contributed by atoms with Gasteiger partial charge in [0.25, 0.3) is 0 Å². The molecule has 34 heavy (non-hydrogen) atoms. The molecule has 0 radical (unpaired) electrons. The van der Waals surface area contributed by atoms with Crippen molar-refractivity contribution < 1.29 is 0 Å². The molecule has 0 spiro atoms. The molecule has 1 aliphatic carbocycles. The summed E-state index contributed by atoms with van der Waals surface area (Å²) in [6.45, 7) is 8.64. The van der Waals surface area contributed by atoms with Crippen molar-refractivity contribution in [2.24, 2.45) is 11.8 Å². The van der Waals surface area contributed by atoms with Crippen LogP contribution in [0.4, 0.5) is 0 Å². The molecule has 1 fully saturated rings. The Morgan fingerprint density at radius 2 is 1.50 bits per heavy atom. The molecule has 0 N–H and O–H groups in total. The summed E-state index contributed by atoms with van der Waals surface area (Å²) < 4.78 is 0. The van der Waals surface area contributed by atoms with E-state index >= 15 is 0 Å². The Kier molecular flexibility index (Phi) is 11.8. The van der Waals surface area contributed by atoms with Gasteiger partial charge in [0, 0.05) is 18.0 Å². The van der Waals surface area contributed by atoms with Gasteiger partial charge in [0.2, 0.25) is 0 Å². The van der Waals surface area contributed by atoms with Crippen molar-refractivity contribution in [2.45, 2.75) is 116 Å². The highest BCUT2D eigenvalue weighted by Gasteiger charge is 2.27. The average molecular weight is 461 g/mol. The molecule has 2 heteroatoms. The van der Waals surface area contributed by atoms with Crippen LogP contribution >= 0.6 is 0 Å². The maximum atomic E-state index is 4.68. The van der Waals surface area contributed by atoms with Crippen LogP contribution in [0.3, 0.4) is 0 Å².